The summed E-state index contributed by atoms with van der Waals surface area (Å²) in [7, 11) is 0. The molecule has 2 aromatic rings. The number of piperazine rings is 1. The van der Waals surface area contributed by atoms with Gasteiger partial charge in [-0.25, -0.2) is 0 Å². The zero-order chi connectivity index (χ0) is 19.5. The van der Waals surface area contributed by atoms with E-state index in [1.807, 2.05) is 17.0 Å². The fourth-order valence-electron chi connectivity index (χ4n) is 3.85. The monoisotopic (exact) mass is 379 g/mol. The number of carbonyl (C=O) groups excluding carboxylic acids is 3. The molecule has 2 aliphatic heterocycles. The Kier molecular flexibility index (Phi) is 5.16. The van der Waals surface area contributed by atoms with Crippen molar-refractivity contribution < 1.29 is 19.3 Å². The van der Waals surface area contributed by atoms with Gasteiger partial charge in [0.2, 0.25) is 5.91 Å². The first-order valence-electron chi connectivity index (χ1n) is 9.59. The Bertz CT molecular complexity index is 857. The first-order valence-corrected chi connectivity index (χ1v) is 9.59. The van der Waals surface area contributed by atoms with Crippen LogP contribution in [0.3, 0.4) is 0 Å². The third-order valence-electron chi connectivity index (χ3n) is 5.45. The molecule has 1 saturated heterocycles. The molecule has 1 fully saturated rings. The summed E-state index contributed by atoms with van der Waals surface area (Å²) in [5, 5.41) is 0. The van der Waals surface area contributed by atoms with Crippen molar-refractivity contribution in [1.29, 1.82) is 0 Å². The van der Waals surface area contributed by atoms with E-state index in [0.717, 1.165) is 19.6 Å². The molecule has 144 valence electrons. The van der Waals surface area contributed by atoms with Gasteiger partial charge in [0, 0.05) is 30.9 Å². The Morgan fingerprint density at radius 3 is 2.18 bits per heavy atom. The summed E-state index contributed by atoms with van der Waals surface area (Å²) in [6.07, 6.45) is 3.77. The molecule has 7 nitrogen and oxygen atoms in total. The van der Waals surface area contributed by atoms with E-state index in [0.29, 0.717) is 24.2 Å². The van der Waals surface area contributed by atoms with Crippen molar-refractivity contribution in [2.75, 3.05) is 32.7 Å². The predicted octanol–water partition coefficient (Wildman–Crippen LogP) is -0.00500. The maximum atomic E-state index is 12.6. The molecule has 4 rings (SSSR count). The number of imide groups is 1. The topological polar surface area (TPSA) is 75.0 Å². The lowest BCUT2D eigenvalue weighted by Gasteiger charge is -2.32. The van der Waals surface area contributed by atoms with Crippen molar-refractivity contribution in [3.8, 4) is 0 Å². The van der Waals surface area contributed by atoms with Crippen LogP contribution in [-0.2, 0) is 11.3 Å². The highest BCUT2D eigenvalue weighted by Gasteiger charge is 2.35. The molecule has 3 heterocycles. The van der Waals surface area contributed by atoms with Gasteiger partial charge in [-0.2, -0.15) is 0 Å². The average Bonchev–Trinajstić information content (AvgIpc) is 2.98. The van der Waals surface area contributed by atoms with Crippen LogP contribution in [-0.4, -0.2) is 65.2 Å². The van der Waals surface area contributed by atoms with E-state index in [1.165, 1.54) is 15.4 Å². The molecule has 28 heavy (non-hydrogen) atoms. The second-order valence-corrected chi connectivity index (χ2v) is 7.22. The lowest BCUT2D eigenvalue weighted by atomic mass is 10.1. The number of aromatic nitrogens is 1. The molecule has 0 bridgehead atoms. The SMILES string of the molecule is O=C(CCN1C(=O)c2ccccc2C1=O)N1CC[NH+](Cc2ccncc2)CC1. The predicted molar refractivity (Wildman–Crippen MR) is 102 cm³/mol. The molecule has 3 amide bonds. The third-order valence-corrected chi connectivity index (χ3v) is 5.45. The van der Waals surface area contributed by atoms with Gasteiger partial charge in [-0.05, 0) is 24.3 Å². The van der Waals surface area contributed by atoms with Crippen LogP contribution in [0.25, 0.3) is 0 Å². The lowest BCUT2D eigenvalue weighted by Crippen LogP contribution is -3.13. The Balaban J connectivity index is 1.27. The number of quaternary nitrogens is 1. The Morgan fingerprint density at radius 2 is 1.57 bits per heavy atom. The molecule has 0 saturated carbocycles. The number of carbonyl (C=O) groups is 3. The first-order chi connectivity index (χ1) is 13.6. The van der Waals surface area contributed by atoms with E-state index in [4.69, 9.17) is 0 Å². The first kappa shape index (κ1) is 18.3. The zero-order valence-corrected chi connectivity index (χ0v) is 15.6. The molecule has 7 heteroatoms. The van der Waals surface area contributed by atoms with Gasteiger partial charge in [0.25, 0.3) is 11.8 Å². The summed E-state index contributed by atoms with van der Waals surface area (Å²) >= 11 is 0. The largest absolute Gasteiger partial charge is 0.331 e. The van der Waals surface area contributed by atoms with Gasteiger partial charge in [0.15, 0.2) is 0 Å². The standard InChI is InChI=1S/C21H22N4O3/c26-19(7-10-25-20(27)17-3-1-2-4-18(17)21(25)28)24-13-11-23(12-14-24)15-16-5-8-22-9-6-16/h1-6,8-9H,7,10-15H2/p+1. The highest BCUT2D eigenvalue weighted by Crippen LogP contribution is 2.22. The molecule has 1 N–H and O–H groups in total. The van der Waals surface area contributed by atoms with Gasteiger partial charge in [-0.3, -0.25) is 24.3 Å². The fourth-order valence-corrected chi connectivity index (χ4v) is 3.85. The van der Waals surface area contributed by atoms with Crippen LogP contribution < -0.4 is 4.90 Å². The second-order valence-electron chi connectivity index (χ2n) is 7.22. The highest BCUT2D eigenvalue weighted by atomic mass is 16.2. The normalized spacial score (nSPS) is 17.1. The number of fused-ring (bicyclic) bond motifs is 1. The fraction of sp³-hybridized carbons (Fsp3) is 0.333. The molecule has 0 unspecified atom stereocenters. The number of pyridine rings is 1. The van der Waals surface area contributed by atoms with Crippen molar-refractivity contribution >= 4 is 17.7 Å². The van der Waals surface area contributed by atoms with Crippen LogP contribution >= 0.6 is 0 Å². The number of nitrogens with one attached hydrogen (secondary N) is 1. The second kappa shape index (κ2) is 7.90. The van der Waals surface area contributed by atoms with Crippen molar-refractivity contribution in [2.24, 2.45) is 0 Å². The lowest BCUT2D eigenvalue weighted by molar-refractivity contribution is -0.917. The minimum absolute atomic E-state index is 0.000447. The third kappa shape index (κ3) is 3.66. The molecule has 1 aromatic carbocycles. The summed E-state index contributed by atoms with van der Waals surface area (Å²) in [6.45, 7) is 4.24. The van der Waals surface area contributed by atoms with Gasteiger partial charge in [-0.15, -0.1) is 0 Å². The van der Waals surface area contributed by atoms with Crippen LogP contribution in [0.2, 0.25) is 0 Å². The van der Waals surface area contributed by atoms with Crippen molar-refractivity contribution in [2.45, 2.75) is 13.0 Å². The molecule has 0 atom stereocenters. The number of benzene rings is 1. The van der Waals surface area contributed by atoms with Gasteiger partial charge in [0.1, 0.15) is 6.54 Å². The minimum atomic E-state index is -0.306. The molecule has 2 aliphatic rings. The molecule has 0 radical (unpaired) electrons. The molecule has 0 aliphatic carbocycles. The minimum Gasteiger partial charge on any atom is -0.331 e. The zero-order valence-electron chi connectivity index (χ0n) is 15.6. The summed E-state index contributed by atoms with van der Waals surface area (Å²) in [4.78, 5) is 45.8. The van der Waals surface area contributed by atoms with Crippen molar-refractivity contribution in [1.82, 2.24) is 14.8 Å². The Hall–Kier alpha value is -3.06. The Morgan fingerprint density at radius 1 is 0.964 bits per heavy atom. The molecular formula is C21H23N4O3+. The van der Waals surface area contributed by atoms with Crippen LogP contribution in [0, 0.1) is 0 Å². The number of amides is 3. The van der Waals surface area contributed by atoms with Crippen molar-refractivity contribution in [3.05, 3.63) is 65.5 Å². The van der Waals surface area contributed by atoms with Gasteiger partial charge in [-0.1, -0.05) is 12.1 Å². The number of hydrogen-bond donors (Lipinski definition) is 1. The van der Waals surface area contributed by atoms with E-state index >= 15 is 0 Å². The quantitative estimate of drug-likeness (QED) is 0.742. The van der Waals surface area contributed by atoms with Gasteiger partial charge < -0.3 is 9.80 Å². The van der Waals surface area contributed by atoms with E-state index in [1.54, 1.807) is 36.7 Å². The number of nitrogens with zero attached hydrogens (tertiary/aromatic N) is 3. The van der Waals surface area contributed by atoms with Crippen LogP contribution in [0.5, 0.6) is 0 Å². The maximum absolute atomic E-state index is 12.6. The molecular weight excluding hydrogens is 356 g/mol. The summed E-state index contributed by atoms with van der Waals surface area (Å²) in [6, 6.07) is 10.8. The smallest absolute Gasteiger partial charge is 0.261 e. The van der Waals surface area contributed by atoms with Gasteiger partial charge >= 0.3 is 0 Å². The van der Waals surface area contributed by atoms with Crippen LogP contribution in [0.1, 0.15) is 32.7 Å². The van der Waals surface area contributed by atoms with E-state index < -0.39 is 0 Å². The van der Waals surface area contributed by atoms with E-state index in [-0.39, 0.29) is 30.7 Å². The molecule has 0 spiro atoms. The maximum Gasteiger partial charge on any atom is 0.261 e. The summed E-state index contributed by atoms with van der Waals surface area (Å²) in [5.74, 6) is -0.612. The van der Waals surface area contributed by atoms with Crippen LogP contribution in [0.4, 0.5) is 0 Å². The number of rotatable bonds is 5. The van der Waals surface area contributed by atoms with Gasteiger partial charge in [0.05, 0.1) is 37.3 Å². The van der Waals surface area contributed by atoms with Crippen LogP contribution in [0.15, 0.2) is 48.8 Å². The Labute approximate surface area is 163 Å². The summed E-state index contributed by atoms with van der Waals surface area (Å²) in [5.41, 5.74) is 2.09. The van der Waals surface area contributed by atoms with Crippen molar-refractivity contribution in [3.63, 3.8) is 0 Å². The van der Waals surface area contributed by atoms with E-state index in [9.17, 15) is 14.4 Å². The average molecular weight is 379 g/mol. The highest BCUT2D eigenvalue weighted by molar-refractivity contribution is 6.21. The number of hydrogen-bond acceptors (Lipinski definition) is 4. The summed E-state index contributed by atoms with van der Waals surface area (Å²) < 4.78 is 0. The molecule has 1 aromatic heterocycles. The van der Waals surface area contributed by atoms with E-state index in [2.05, 4.69) is 4.98 Å².